The second-order valence-corrected chi connectivity index (χ2v) is 4.05. The number of ether oxygens (including phenoxy) is 1. The lowest BCUT2D eigenvalue weighted by molar-refractivity contribution is -0.143. The van der Waals surface area contributed by atoms with Gasteiger partial charge < -0.3 is 10.1 Å². The Labute approximate surface area is 82.4 Å². The normalized spacial score (nSPS) is 34.1. The zero-order valence-electron chi connectivity index (χ0n) is 8.30. The van der Waals surface area contributed by atoms with E-state index in [9.17, 15) is 8.78 Å². The Morgan fingerprint density at radius 1 is 1.43 bits per heavy atom. The minimum Gasteiger partial charge on any atom is -0.379 e. The van der Waals surface area contributed by atoms with E-state index in [0.717, 1.165) is 0 Å². The van der Waals surface area contributed by atoms with Crippen molar-refractivity contribution >= 4 is 0 Å². The van der Waals surface area contributed by atoms with E-state index >= 15 is 0 Å². The Kier molecular flexibility index (Phi) is 2.72. The van der Waals surface area contributed by atoms with Gasteiger partial charge in [-0.05, 0) is 13.0 Å². The van der Waals surface area contributed by atoms with Crippen LogP contribution in [0.25, 0.3) is 0 Å². The first-order chi connectivity index (χ1) is 6.63. The third-order valence-electron chi connectivity index (χ3n) is 3.09. The molecule has 0 aromatic carbocycles. The summed E-state index contributed by atoms with van der Waals surface area (Å²) in [6, 6.07) is -0.588. The van der Waals surface area contributed by atoms with Gasteiger partial charge in [0.1, 0.15) is 0 Å². The van der Waals surface area contributed by atoms with E-state index < -0.39 is 12.0 Å². The minimum absolute atomic E-state index is 0.153. The number of rotatable bonds is 2. The maximum atomic E-state index is 13.4. The van der Waals surface area contributed by atoms with Crippen molar-refractivity contribution in [2.45, 2.75) is 24.5 Å². The van der Waals surface area contributed by atoms with E-state index in [4.69, 9.17) is 4.74 Å². The van der Waals surface area contributed by atoms with Gasteiger partial charge in [-0.15, -0.1) is 0 Å². The first kappa shape index (κ1) is 10.3. The molecule has 1 N–H and O–H groups in total. The molecule has 82 valence electrons. The fourth-order valence-electron chi connectivity index (χ4n) is 2.15. The third-order valence-corrected chi connectivity index (χ3v) is 3.09. The molecule has 2 aliphatic heterocycles. The van der Waals surface area contributed by atoms with Gasteiger partial charge in [-0.25, -0.2) is 8.78 Å². The number of nitrogens with one attached hydrogen (secondary N) is 1. The van der Waals surface area contributed by atoms with E-state index in [1.165, 1.54) is 0 Å². The second kappa shape index (κ2) is 3.72. The van der Waals surface area contributed by atoms with Crippen LogP contribution in [0.15, 0.2) is 0 Å². The number of nitrogens with zero attached hydrogens (tertiary/aromatic N) is 1. The van der Waals surface area contributed by atoms with Crippen LogP contribution in [0.1, 0.15) is 6.42 Å². The maximum absolute atomic E-state index is 13.4. The molecule has 0 saturated carbocycles. The van der Waals surface area contributed by atoms with Crippen LogP contribution < -0.4 is 5.32 Å². The number of halogens is 2. The van der Waals surface area contributed by atoms with Gasteiger partial charge in [0.25, 0.3) is 5.92 Å². The van der Waals surface area contributed by atoms with Crippen LogP contribution in [0.2, 0.25) is 0 Å². The summed E-state index contributed by atoms with van der Waals surface area (Å²) in [5, 5.41) is 2.73. The fraction of sp³-hybridized carbons (Fsp3) is 1.00. The van der Waals surface area contributed by atoms with Crippen molar-refractivity contribution in [2.24, 2.45) is 0 Å². The molecule has 0 bridgehead atoms. The van der Waals surface area contributed by atoms with Gasteiger partial charge in [-0.2, -0.15) is 0 Å². The summed E-state index contributed by atoms with van der Waals surface area (Å²) in [5.74, 6) is -2.59. The Balaban J connectivity index is 1.90. The highest BCUT2D eigenvalue weighted by atomic mass is 19.3. The van der Waals surface area contributed by atoms with Gasteiger partial charge in [0.05, 0.1) is 18.7 Å². The first-order valence-electron chi connectivity index (χ1n) is 4.99. The standard InChI is InChI=1S/C9H16F2N2O/c1-14-7-4-13(5-7)8-2-3-12-6-9(8,10)11/h7-8,12H,2-6H2,1H3. The van der Waals surface area contributed by atoms with Crippen LogP contribution in [-0.4, -0.2) is 56.3 Å². The highest BCUT2D eigenvalue weighted by molar-refractivity contribution is 4.96. The van der Waals surface area contributed by atoms with Crippen molar-refractivity contribution in [3.63, 3.8) is 0 Å². The fourth-order valence-corrected chi connectivity index (χ4v) is 2.15. The van der Waals surface area contributed by atoms with Gasteiger partial charge in [0.2, 0.25) is 0 Å². The number of hydrogen-bond acceptors (Lipinski definition) is 3. The molecule has 0 radical (unpaired) electrons. The molecule has 14 heavy (non-hydrogen) atoms. The Bertz CT molecular complexity index is 207. The molecule has 2 saturated heterocycles. The number of piperidine rings is 1. The molecule has 2 aliphatic rings. The Hall–Kier alpha value is -0.260. The largest absolute Gasteiger partial charge is 0.379 e. The Morgan fingerprint density at radius 2 is 2.14 bits per heavy atom. The average molecular weight is 206 g/mol. The van der Waals surface area contributed by atoms with Gasteiger partial charge in [0, 0.05) is 20.2 Å². The molecule has 0 amide bonds. The summed E-state index contributed by atoms with van der Waals surface area (Å²) in [7, 11) is 1.63. The number of methoxy groups -OCH3 is 1. The molecular weight excluding hydrogens is 190 g/mol. The summed E-state index contributed by atoms with van der Waals surface area (Å²) in [6.07, 6.45) is 0.685. The topological polar surface area (TPSA) is 24.5 Å². The van der Waals surface area contributed by atoms with Crippen molar-refractivity contribution in [3.05, 3.63) is 0 Å². The smallest absolute Gasteiger partial charge is 0.275 e. The first-order valence-corrected chi connectivity index (χ1v) is 4.99. The SMILES string of the molecule is COC1CN(C2CCNCC2(F)F)C1. The van der Waals surface area contributed by atoms with E-state index in [0.29, 0.717) is 26.1 Å². The molecule has 3 nitrogen and oxygen atoms in total. The number of alkyl halides is 2. The zero-order valence-corrected chi connectivity index (χ0v) is 8.30. The minimum atomic E-state index is -2.59. The Morgan fingerprint density at radius 3 is 2.71 bits per heavy atom. The van der Waals surface area contributed by atoms with Crippen LogP contribution >= 0.6 is 0 Å². The molecule has 0 aromatic heterocycles. The van der Waals surface area contributed by atoms with E-state index in [1.807, 2.05) is 4.90 Å². The monoisotopic (exact) mass is 206 g/mol. The molecule has 2 fully saturated rings. The molecule has 1 unspecified atom stereocenters. The summed E-state index contributed by atoms with van der Waals surface area (Å²) < 4.78 is 31.9. The molecule has 0 aliphatic carbocycles. The molecule has 2 heterocycles. The van der Waals surface area contributed by atoms with Crippen molar-refractivity contribution in [3.8, 4) is 0 Å². The van der Waals surface area contributed by atoms with Crippen LogP contribution in [0.4, 0.5) is 8.78 Å². The van der Waals surface area contributed by atoms with Gasteiger partial charge in [-0.1, -0.05) is 0 Å². The van der Waals surface area contributed by atoms with Crippen LogP contribution in [0.5, 0.6) is 0 Å². The van der Waals surface area contributed by atoms with Crippen molar-refractivity contribution < 1.29 is 13.5 Å². The summed E-state index contributed by atoms with van der Waals surface area (Å²) in [5.41, 5.74) is 0. The predicted octanol–water partition coefficient (Wildman–Crippen LogP) is 0.314. The lowest BCUT2D eigenvalue weighted by Crippen LogP contribution is -2.65. The third kappa shape index (κ3) is 1.76. The van der Waals surface area contributed by atoms with Crippen LogP contribution in [-0.2, 0) is 4.74 Å². The second-order valence-electron chi connectivity index (χ2n) is 4.05. The average Bonchev–Trinajstić information content (AvgIpc) is 2.05. The van der Waals surface area contributed by atoms with Gasteiger partial charge >= 0.3 is 0 Å². The quantitative estimate of drug-likeness (QED) is 0.704. The molecule has 1 atom stereocenters. The van der Waals surface area contributed by atoms with Crippen molar-refractivity contribution in [1.29, 1.82) is 0 Å². The lowest BCUT2D eigenvalue weighted by atomic mass is 9.96. The lowest BCUT2D eigenvalue weighted by Gasteiger charge is -2.47. The molecular formula is C9H16F2N2O. The predicted molar refractivity (Wildman–Crippen MR) is 48.6 cm³/mol. The van der Waals surface area contributed by atoms with Crippen LogP contribution in [0, 0.1) is 0 Å². The van der Waals surface area contributed by atoms with Crippen molar-refractivity contribution in [2.75, 3.05) is 33.3 Å². The molecule has 0 spiro atoms. The summed E-state index contributed by atoms with van der Waals surface area (Å²) >= 11 is 0. The maximum Gasteiger partial charge on any atom is 0.275 e. The van der Waals surface area contributed by atoms with E-state index in [2.05, 4.69) is 5.32 Å². The highest BCUT2D eigenvalue weighted by Gasteiger charge is 2.48. The summed E-state index contributed by atoms with van der Waals surface area (Å²) in [4.78, 5) is 1.83. The van der Waals surface area contributed by atoms with Crippen LogP contribution in [0.3, 0.4) is 0 Å². The van der Waals surface area contributed by atoms with E-state index in [1.54, 1.807) is 7.11 Å². The molecule has 2 rings (SSSR count). The van der Waals surface area contributed by atoms with Gasteiger partial charge in [0.15, 0.2) is 0 Å². The number of likely N-dealkylation sites (tertiary alicyclic amines) is 1. The van der Waals surface area contributed by atoms with Crippen molar-refractivity contribution in [1.82, 2.24) is 10.2 Å². The zero-order chi connectivity index (χ0) is 10.2. The van der Waals surface area contributed by atoms with E-state index in [-0.39, 0.29) is 12.6 Å². The molecule has 0 aromatic rings. The summed E-state index contributed by atoms with van der Waals surface area (Å²) in [6.45, 7) is 1.80. The molecule has 5 heteroatoms. The number of hydrogen-bond donors (Lipinski definition) is 1. The highest BCUT2D eigenvalue weighted by Crippen LogP contribution is 2.31. The van der Waals surface area contributed by atoms with Gasteiger partial charge in [-0.3, -0.25) is 4.90 Å².